The summed E-state index contributed by atoms with van der Waals surface area (Å²) in [6.45, 7) is 4.42. The number of anilines is 1. The molecule has 1 atom stereocenters. The topological polar surface area (TPSA) is 24.5 Å². The average molecular weight is 298 g/mol. The van der Waals surface area contributed by atoms with Crippen LogP contribution in [0, 0.1) is 11.6 Å². The van der Waals surface area contributed by atoms with Crippen molar-refractivity contribution in [1.82, 2.24) is 5.32 Å². The second-order valence-corrected chi connectivity index (χ2v) is 5.62. The Morgan fingerprint density at radius 2 is 2.00 bits per heavy atom. The van der Waals surface area contributed by atoms with Gasteiger partial charge < -0.3 is 15.0 Å². The Labute approximate surface area is 125 Å². The van der Waals surface area contributed by atoms with Crippen molar-refractivity contribution >= 4 is 5.69 Å². The van der Waals surface area contributed by atoms with Crippen molar-refractivity contribution < 1.29 is 13.5 Å². The zero-order valence-electron chi connectivity index (χ0n) is 12.8. The van der Waals surface area contributed by atoms with E-state index >= 15 is 0 Å². The summed E-state index contributed by atoms with van der Waals surface area (Å²) in [7, 11) is 1.62. The zero-order valence-corrected chi connectivity index (χ0v) is 12.8. The van der Waals surface area contributed by atoms with Crippen LogP contribution in [0.15, 0.2) is 12.1 Å². The Morgan fingerprint density at radius 1 is 1.29 bits per heavy atom. The Morgan fingerprint density at radius 3 is 2.62 bits per heavy atom. The molecule has 0 saturated carbocycles. The SMILES string of the molecule is COCCNCc1cc(F)c(N2CCCCC2C)c(F)c1. The van der Waals surface area contributed by atoms with Gasteiger partial charge in [-0.2, -0.15) is 0 Å². The van der Waals surface area contributed by atoms with E-state index in [-0.39, 0.29) is 11.7 Å². The third kappa shape index (κ3) is 4.14. The van der Waals surface area contributed by atoms with Gasteiger partial charge in [-0.3, -0.25) is 0 Å². The Hall–Kier alpha value is -1.20. The van der Waals surface area contributed by atoms with Crippen molar-refractivity contribution in [3.05, 3.63) is 29.3 Å². The minimum Gasteiger partial charge on any atom is -0.383 e. The molecule has 0 radical (unpaired) electrons. The highest BCUT2D eigenvalue weighted by Gasteiger charge is 2.24. The van der Waals surface area contributed by atoms with Crippen LogP contribution in [-0.2, 0) is 11.3 Å². The largest absolute Gasteiger partial charge is 0.383 e. The number of benzene rings is 1. The summed E-state index contributed by atoms with van der Waals surface area (Å²) in [5, 5.41) is 3.09. The molecule has 1 heterocycles. The minimum absolute atomic E-state index is 0.128. The van der Waals surface area contributed by atoms with Crippen LogP contribution in [-0.4, -0.2) is 32.8 Å². The van der Waals surface area contributed by atoms with Gasteiger partial charge in [-0.15, -0.1) is 0 Å². The first kappa shape index (κ1) is 16.2. The van der Waals surface area contributed by atoms with Gasteiger partial charge >= 0.3 is 0 Å². The number of ether oxygens (including phenoxy) is 1. The Kier molecular flexibility index (Phi) is 5.94. The molecule has 0 spiro atoms. The fourth-order valence-corrected chi connectivity index (χ4v) is 2.83. The molecule has 1 N–H and O–H groups in total. The van der Waals surface area contributed by atoms with Crippen LogP contribution in [0.1, 0.15) is 31.7 Å². The summed E-state index contributed by atoms with van der Waals surface area (Å²) in [6.07, 6.45) is 3.10. The number of nitrogens with zero attached hydrogens (tertiary/aromatic N) is 1. The predicted octanol–water partition coefficient (Wildman–Crippen LogP) is 3.08. The van der Waals surface area contributed by atoms with Crippen LogP contribution in [0.25, 0.3) is 0 Å². The van der Waals surface area contributed by atoms with Gasteiger partial charge in [0.05, 0.1) is 6.61 Å². The van der Waals surface area contributed by atoms with E-state index in [2.05, 4.69) is 5.32 Å². The molecule has 21 heavy (non-hydrogen) atoms. The van der Waals surface area contributed by atoms with Gasteiger partial charge in [-0.25, -0.2) is 8.78 Å². The summed E-state index contributed by atoms with van der Waals surface area (Å²) in [5.74, 6) is -0.931. The number of halogens is 2. The summed E-state index contributed by atoms with van der Waals surface area (Å²) in [6, 6.07) is 3.05. The molecule has 1 aromatic rings. The number of hydrogen-bond donors (Lipinski definition) is 1. The first-order valence-corrected chi connectivity index (χ1v) is 7.57. The molecular formula is C16H24F2N2O. The van der Waals surface area contributed by atoms with Crippen molar-refractivity contribution in [3.63, 3.8) is 0 Å². The van der Waals surface area contributed by atoms with E-state index in [1.165, 1.54) is 12.1 Å². The fourth-order valence-electron chi connectivity index (χ4n) is 2.83. The van der Waals surface area contributed by atoms with Crippen molar-refractivity contribution in [2.75, 3.05) is 31.7 Å². The molecule has 0 bridgehead atoms. The van der Waals surface area contributed by atoms with Crippen LogP contribution in [0.2, 0.25) is 0 Å². The van der Waals surface area contributed by atoms with Crippen LogP contribution in [0.3, 0.4) is 0 Å². The monoisotopic (exact) mass is 298 g/mol. The van der Waals surface area contributed by atoms with Gasteiger partial charge in [0.1, 0.15) is 17.3 Å². The highest BCUT2D eigenvalue weighted by Crippen LogP contribution is 2.30. The van der Waals surface area contributed by atoms with E-state index < -0.39 is 11.6 Å². The Balaban J connectivity index is 2.09. The summed E-state index contributed by atoms with van der Waals surface area (Å²) in [5.41, 5.74) is 0.748. The molecule has 1 aliphatic rings. The molecule has 1 aromatic carbocycles. The highest BCUT2D eigenvalue weighted by molar-refractivity contribution is 5.51. The number of methoxy groups -OCH3 is 1. The van der Waals surface area contributed by atoms with Crippen molar-refractivity contribution in [1.29, 1.82) is 0 Å². The molecule has 118 valence electrons. The lowest BCUT2D eigenvalue weighted by Gasteiger charge is -2.35. The number of hydrogen-bond acceptors (Lipinski definition) is 3. The summed E-state index contributed by atoms with van der Waals surface area (Å²) in [4.78, 5) is 1.86. The standard InChI is InChI=1S/C16H24F2N2O/c1-12-5-3-4-7-20(12)16-14(17)9-13(10-15(16)18)11-19-6-8-21-2/h9-10,12,19H,3-8,11H2,1-2H3. The van der Waals surface area contributed by atoms with E-state index in [4.69, 9.17) is 4.74 Å². The maximum absolute atomic E-state index is 14.3. The molecule has 3 nitrogen and oxygen atoms in total. The number of nitrogens with one attached hydrogen (secondary N) is 1. The van der Waals surface area contributed by atoms with Gasteiger partial charge in [-0.1, -0.05) is 0 Å². The van der Waals surface area contributed by atoms with E-state index in [0.717, 1.165) is 25.8 Å². The Bertz CT molecular complexity index is 445. The first-order valence-electron chi connectivity index (χ1n) is 7.57. The minimum atomic E-state index is -0.465. The van der Waals surface area contributed by atoms with E-state index in [0.29, 0.717) is 25.3 Å². The smallest absolute Gasteiger partial charge is 0.149 e. The second-order valence-electron chi connectivity index (χ2n) is 5.62. The fraction of sp³-hybridized carbons (Fsp3) is 0.625. The lowest BCUT2D eigenvalue weighted by molar-refractivity contribution is 0.199. The van der Waals surface area contributed by atoms with Crippen LogP contribution in [0.5, 0.6) is 0 Å². The molecular weight excluding hydrogens is 274 g/mol. The molecule has 1 fully saturated rings. The lowest BCUT2D eigenvalue weighted by atomic mass is 10.0. The normalized spacial score (nSPS) is 19.0. The number of piperidine rings is 1. The summed E-state index contributed by atoms with van der Waals surface area (Å²) >= 11 is 0. The molecule has 1 saturated heterocycles. The van der Waals surface area contributed by atoms with E-state index in [1.54, 1.807) is 7.11 Å². The quantitative estimate of drug-likeness (QED) is 0.817. The van der Waals surface area contributed by atoms with Gasteiger partial charge in [-0.05, 0) is 43.9 Å². The molecule has 0 aliphatic carbocycles. The highest BCUT2D eigenvalue weighted by atomic mass is 19.1. The third-order valence-corrected chi connectivity index (χ3v) is 3.98. The van der Waals surface area contributed by atoms with Gasteiger partial charge in [0.2, 0.25) is 0 Å². The summed E-state index contributed by atoms with van der Waals surface area (Å²) < 4.78 is 33.5. The third-order valence-electron chi connectivity index (χ3n) is 3.98. The second kappa shape index (κ2) is 7.71. The van der Waals surface area contributed by atoms with Crippen LogP contribution < -0.4 is 10.2 Å². The lowest BCUT2D eigenvalue weighted by Crippen LogP contribution is -2.38. The van der Waals surface area contributed by atoms with Gasteiger partial charge in [0, 0.05) is 32.8 Å². The first-order chi connectivity index (χ1) is 10.1. The van der Waals surface area contributed by atoms with E-state index in [9.17, 15) is 8.78 Å². The molecule has 5 heteroatoms. The van der Waals surface area contributed by atoms with Crippen molar-refractivity contribution in [2.24, 2.45) is 0 Å². The predicted molar refractivity (Wildman–Crippen MR) is 80.6 cm³/mol. The zero-order chi connectivity index (χ0) is 15.2. The van der Waals surface area contributed by atoms with Crippen molar-refractivity contribution in [3.8, 4) is 0 Å². The van der Waals surface area contributed by atoms with Crippen molar-refractivity contribution in [2.45, 2.75) is 38.8 Å². The molecule has 0 amide bonds. The molecule has 1 unspecified atom stereocenters. The van der Waals surface area contributed by atoms with Crippen LogP contribution in [0.4, 0.5) is 14.5 Å². The van der Waals surface area contributed by atoms with Gasteiger partial charge in [0.15, 0.2) is 0 Å². The van der Waals surface area contributed by atoms with Crippen LogP contribution >= 0.6 is 0 Å². The number of rotatable bonds is 6. The van der Waals surface area contributed by atoms with E-state index in [1.807, 2.05) is 11.8 Å². The average Bonchev–Trinajstić information content (AvgIpc) is 2.45. The molecule has 0 aromatic heterocycles. The maximum Gasteiger partial charge on any atom is 0.149 e. The maximum atomic E-state index is 14.3. The molecule has 2 rings (SSSR count). The van der Waals surface area contributed by atoms with Gasteiger partial charge in [0.25, 0.3) is 0 Å². The molecule has 1 aliphatic heterocycles.